The van der Waals surface area contributed by atoms with Crippen LogP contribution >= 0.6 is 23.4 Å². The van der Waals surface area contributed by atoms with Gasteiger partial charge in [0.05, 0.1) is 0 Å². The third-order valence-electron chi connectivity index (χ3n) is 2.96. The topological polar surface area (TPSA) is 37.8 Å². The van der Waals surface area contributed by atoms with E-state index in [1.54, 1.807) is 18.1 Å². The summed E-state index contributed by atoms with van der Waals surface area (Å²) in [6.45, 7) is 5.24. The summed E-state index contributed by atoms with van der Waals surface area (Å²) in [5.74, 6) is 0.957. The normalized spacial score (nSPS) is 10.6. The van der Waals surface area contributed by atoms with Crippen LogP contribution in [0.1, 0.15) is 32.3 Å². The van der Waals surface area contributed by atoms with Crippen LogP contribution in [0.2, 0.25) is 5.02 Å². The average Bonchev–Trinajstić information content (AvgIpc) is 2.48. The average molecular weight is 322 g/mol. The number of hydrogen-bond donors (Lipinski definition) is 1. The summed E-state index contributed by atoms with van der Waals surface area (Å²) in [7, 11) is 0. The molecule has 1 aromatic heterocycles. The maximum absolute atomic E-state index is 6.05. The van der Waals surface area contributed by atoms with E-state index in [1.165, 1.54) is 5.56 Å². The number of hydrogen-bond acceptors (Lipinski definition) is 4. The smallest absolute Gasteiger partial charge is 0.133 e. The summed E-state index contributed by atoms with van der Waals surface area (Å²) in [5.41, 5.74) is 1.19. The molecule has 0 amide bonds. The van der Waals surface area contributed by atoms with Crippen LogP contribution in [0.15, 0.2) is 40.5 Å². The second-order valence-corrected chi connectivity index (χ2v) is 6.24. The fourth-order valence-corrected chi connectivity index (χ4v) is 3.23. The number of rotatable bonds is 7. The Kier molecular flexibility index (Phi) is 6.33. The summed E-state index contributed by atoms with van der Waals surface area (Å²) in [4.78, 5) is 9.95. The zero-order valence-electron chi connectivity index (χ0n) is 12.4. The lowest BCUT2D eigenvalue weighted by Gasteiger charge is -2.13. The fourth-order valence-electron chi connectivity index (χ4n) is 2.00. The van der Waals surface area contributed by atoms with Crippen molar-refractivity contribution in [3.8, 4) is 0 Å². The van der Waals surface area contributed by atoms with Crippen LogP contribution in [0.3, 0.4) is 0 Å². The lowest BCUT2D eigenvalue weighted by Crippen LogP contribution is -2.07. The maximum Gasteiger partial charge on any atom is 0.133 e. The highest BCUT2D eigenvalue weighted by molar-refractivity contribution is 7.99. The Labute approximate surface area is 135 Å². The molecule has 0 aliphatic rings. The predicted molar refractivity (Wildman–Crippen MR) is 90.4 cm³/mol. The van der Waals surface area contributed by atoms with E-state index in [1.807, 2.05) is 24.3 Å². The van der Waals surface area contributed by atoms with Gasteiger partial charge in [-0.1, -0.05) is 49.7 Å². The Bertz CT molecular complexity index is 589. The van der Waals surface area contributed by atoms with Crippen molar-refractivity contribution in [2.24, 2.45) is 0 Å². The van der Waals surface area contributed by atoms with Crippen molar-refractivity contribution in [1.82, 2.24) is 9.97 Å². The molecule has 2 aromatic rings. The molecule has 1 N–H and O–H groups in total. The maximum atomic E-state index is 6.05. The van der Waals surface area contributed by atoms with Crippen LogP contribution in [-0.4, -0.2) is 16.5 Å². The molecule has 21 heavy (non-hydrogen) atoms. The van der Waals surface area contributed by atoms with Crippen LogP contribution in [-0.2, 0) is 6.42 Å². The van der Waals surface area contributed by atoms with E-state index >= 15 is 0 Å². The molecular weight excluding hydrogens is 302 g/mol. The lowest BCUT2D eigenvalue weighted by atomic mass is 10.2. The number of nitrogens with zero attached hydrogens (tertiary/aromatic N) is 2. The summed E-state index contributed by atoms with van der Waals surface area (Å²) in [6.07, 6.45) is 4.74. The van der Waals surface area contributed by atoms with E-state index in [2.05, 4.69) is 29.1 Å². The van der Waals surface area contributed by atoms with Crippen LogP contribution in [0.4, 0.5) is 5.82 Å². The first-order valence-corrected chi connectivity index (χ1v) is 8.45. The van der Waals surface area contributed by atoms with Gasteiger partial charge in [0.1, 0.15) is 17.2 Å². The molecule has 0 spiro atoms. The highest BCUT2D eigenvalue weighted by Gasteiger charge is 2.12. The van der Waals surface area contributed by atoms with E-state index in [0.717, 1.165) is 46.6 Å². The summed E-state index contributed by atoms with van der Waals surface area (Å²) in [6, 6.07) is 7.85. The quantitative estimate of drug-likeness (QED) is 0.724. The van der Waals surface area contributed by atoms with Crippen molar-refractivity contribution in [3.63, 3.8) is 0 Å². The Morgan fingerprint density at radius 3 is 2.76 bits per heavy atom. The molecule has 112 valence electrons. The van der Waals surface area contributed by atoms with Crippen LogP contribution in [0, 0.1) is 0 Å². The van der Waals surface area contributed by atoms with Crippen LogP contribution in [0.25, 0.3) is 0 Å². The van der Waals surface area contributed by atoms with E-state index < -0.39 is 0 Å². The second-order valence-electron chi connectivity index (χ2n) is 4.74. The first kappa shape index (κ1) is 16.1. The zero-order chi connectivity index (χ0) is 15.1. The number of halogens is 1. The van der Waals surface area contributed by atoms with Gasteiger partial charge in [0.25, 0.3) is 0 Å². The van der Waals surface area contributed by atoms with E-state index in [4.69, 9.17) is 11.6 Å². The monoisotopic (exact) mass is 321 g/mol. The van der Waals surface area contributed by atoms with Gasteiger partial charge in [0.15, 0.2) is 0 Å². The van der Waals surface area contributed by atoms with E-state index in [9.17, 15) is 0 Å². The summed E-state index contributed by atoms with van der Waals surface area (Å²) < 4.78 is 0. The molecule has 0 bridgehead atoms. The number of aromatic nitrogens is 2. The molecule has 5 heteroatoms. The van der Waals surface area contributed by atoms with Gasteiger partial charge in [0.2, 0.25) is 0 Å². The molecule has 0 saturated heterocycles. The second kappa shape index (κ2) is 8.25. The Morgan fingerprint density at radius 1 is 1.19 bits per heavy atom. The van der Waals surface area contributed by atoms with Gasteiger partial charge in [0, 0.05) is 22.0 Å². The Balaban J connectivity index is 2.28. The first-order chi connectivity index (χ1) is 10.2. The van der Waals surface area contributed by atoms with E-state index in [-0.39, 0.29) is 0 Å². The van der Waals surface area contributed by atoms with Gasteiger partial charge < -0.3 is 5.32 Å². The van der Waals surface area contributed by atoms with Crippen molar-refractivity contribution in [2.45, 2.75) is 43.0 Å². The van der Waals surface area contributed by atoms with Gasteiger partial charge in [-0.15, -0.1) is 0 Å². The molecule has 1 aromatic carbocycles. The first-order valence-electron chi connectivity index (χ1n) is 7.25. The largest absolute Gasteiger partial charge is 0.370 e. The Hall–Kier alpha value is -1.26. The van der Waals surface area contributed by atoms with Gasteiger partial charge in [-0.2, -0.15) is 0 Å². The van der Waals surface area contributed by atoms with Gasteiger partial charge in [-0.3, -0.25) is 0 Å². The molecule has 0 fully saturated rings. The SMILES string of the molecule is CCCNc1ncnc(Sc2cccc(Cl)c2)c1CCC. The number of anilines is 1. The molecule has 1 heterocycles. The molecule has 0 saturated carbocycles. The molecule has 3 nitrogen and oxygen atoms in total. The zero-order valence-corrected chi connectivity index (χ0v) is 14.0. The van der Waals surface area contributed by atoms with Gasteiger partial charge in [-0.05, 0) is 31.0 Å². The molecule has 0 atom stereocenters. The minimum Gasteiger partial charge on any atom is -0.370 e. The van der Waals surface area contributed by atoms with E-state index in [0.29, 0.717) is 0 Å². The molecular formula is C16H20ClN3S. The molecule has 0 aliphatic heterocycles. The number of benzene rings is 1. The molecule has 0 aliphatic carbocycles. The van der Waals surface area contributed by atoms with Gasteiger partial charge in [-0.25, -0.2) is 9.97 Å². The fraction of sp³-hybridized carbons (Fsp3) is 0.375. The van der Waals surface area contributed by atoms with Crippen molar-refractivity contribution in [1.29, 1.82) is 0 Å². The third kappa shape index (κ3) is 4.61. The summed E-state index contributed by atoms with van der Waals surface area (Å²) >= 11 is 7.69. The minimum absolute atomic E-state index is 0.746. The molecule has 2 rings (SSSR count). The molecule has 0 radical (unpaired) electrons. The standard InChI is InChI=1S/C16H20ClN3S/c1-3-6-14-15(18-9-4-2)19-11-20-16(14)21-13-8-5-7-12(17)10-13/h5,7-8,10-11H,3-4,6,9H2,1-2H3,(H,18,19,20). The number of nitrogens with one attached hydrogen (secondary N) is 1. The summed E-state index contributed by atoms with van der Waals surface area (Å²) in [5, 5.41) is 5.15. The van der Waals surface area contributed by atoms with Crippen molar-refractivity contribution in [3.05, 3.63) is 41.2 Å². The highest BCUT2D eigenvalue weighted by atomic mass is 35.5. The van der Waals surface area contributed by atoms with Crippen LogP contribution < -0.4 is 5.32 Å². The van der Waals surface area contributed by atoms with Crippen LogP contribution in [0.5, 0.6) is 0 Å². The lowest BCUT2D eigenvalue weighted by molar-refractivity contribution is 0.849. The van der Waals surface area contributed by atoms with Gasteiger partial charge >= 0.3 is 0 Å². The third-order valence-corrected chi connectivity index (χ3v) is 4.23. The van der Waals surface area contributed by atoms with Crippen molar-refractivity contribution >= 4 is 29.2 Å². The highest BCUT2D eigenvalue weighted by Crippen LogP contribution is 2.33. The predicted octanol–water partition coefficient (Wildman–Crippen LogP) is 5.06. The molecule has 0 unspecified atom stereocenters. The Morgan fingerprint density at radius 2 is 2.05 bits per heavy atom. The van der Waals surface area contributed by atoms with Crippen molar-refractivity contribution < 1.29 is 0 Å². The van der Waals surface area contributed by atoms with Crippen molar-refractivity contribution in [2.75, 3.05) is 11.9 Å². The minimum atomic E-state index is 0.746.